The molecule has 3 N–H and O–H groups in total. The Labute approximate surface area is 209 Å². The number of hydrogen-bond donors (Lipinski definition) is 3. The van der Waals surface area contributed by atoms with Crippen molar-refractivity contribution in [2.45, 2.75) is 30.8 Å². The Morgan fingerprint density at radius 1 is 1.03 bits per heavy atom. The summed E-state index contributed by atoms with van der Waals surface area (Å²) < 4.78 is 30.3. The third kappa shape index (κ3) is 6.23. The number of pyridine rings is 2. The smallest absolute Gasteiger partial charge is 0.277 e. The number of aromatic nitrogens is 2. The maximum absolute atomic E-state index is 13.3. The molecule has 0 saturated carbocycles. The average Bonchev–Trinajstić information content (AvgIpc) is 2.85. The maximum Gasteiger partial charge on any atom is 0.277 e. The molecule has 1 fully saturated rings. The number of piperidine rings is 1. The van der Waals surface area contributed by atoms with Gasteiger partial charge in [-0.2, -0.15) is 0 Å². The topological polar surface area (TPSA) is 139 Å². The second kappa shape index (κ2) is 10.8. The summed E-state index contributed by atoms with van der Waals surface area (Å²) in [5.74, 6) is -0.584. The Kier molecular flexibility index (Phi) is 7.61. The molecular weight excluding hydrogens is 482 g/mol. The highest BCUT2D eigenvalue weighted by Crippen LogP contribution is 2.27. The van der Waals surface area contributed by atoms with E-state index in [1.54, 1.807) is 24.4 Å². The number of carbonyl (C=O) groups is 2. The minimum absolute atomic E-state index is 0.00167. The van der Waals surface area contributed by atoms with E-state index in [1.807, 2.05) is 13.0 Å². The lowest BCUT2D eigenvalue weighted by molar-refractivity contribution is 0.101. The maximum atomic E-state index is 13.3. The van der Waals surface area contributed by atoms with Gasteiger partial charge in [0, 0.05) is 18.6 Å². The normalized spacial score (nSPS) is 14.2. The second-order valence-electron chi connectivity index (χ2n) is 8.53. The van der Waals surface area contributed by atoms with Crippen LogP contribution in [0.5, 0.6) is 5.75 Å². The van der Waals surface area contributed by atoms with E-state index in [-0.39, 0.29) is 33.7 Å². The van der Waals surface area contributed by atoms with Crippen molar-refractivity contribution in [3.8, 4) is 5.75 Å². The number of anilines is 2. The molecule has 2 amide bonds. The SMILES string of the molecule is Cc1ccc(NC(=O)c2ncccc2NC(=O)c2ccc(S(C)(=O)=O)cc2OC2CCNCC2)nc1. The first-order valence-electron chi connectivity index (χ1n) is 11.4. The molecule has 1 aromatic carbocycles. The molecule has 188 valence electrons. The highest BCUT2D eigenvalue weighted by Gasteiger charge is 2.23. The van der Waals surface area contributed by atoms with Crippen LogP contribution in [0, 0.1) is 6.92 Å². The summed E-state index contributed by atoms with van der Waals surface area (Å²) >= 11 is 0. The van der Waals surface area contributed by atoms with Gasteiger partial charge < -0.3 is 20.7 Å². The molecule has 0 unspecified atom stereocenters. The molecule has 11 heteroatoms. The van der Waals surface area contributed by atoms with E-state index in [1.165, 1.54) is 24.4 Å². The van der Waals surface area contributed by atoms with Gasteiger partial charge in [-0.15, -0.1) is 0 Å². The summed E-state index contributed by atoms with van der Waals surface area (Å²) in [6.07, 6.45) is 5.46. The van der Waals surface area contributed by atoms with Crippen molar-refractivity contribution < 1.29 is 22.7 Å². The second-order valence-corrected chi connectivity index (χ2v) is 10.5. The number of carbonyl (C=O) groups excluding carboxylic acids is 2. The lowest BCUT2D eigenvalue weighted by atomic mass is 10.1. The molecule has 0 aliphatic carbocycles. The standard InChI is InChI=1S/C25H27N5O5S/c1-16-5-8-22(28-15-16)30-25(32)23-20(4-3-11-27-23)29-24(31)19-7-6-18(36(2,33)34)14-21(19)35-17-9-12-26-13-10-17/h3-8,11,14-15,17,26H,9-10,12-13H2,1-2H3,(H,29,31)(H,28,30,32). The van der Waals surface area contributed by atoms with Gasteiger partial charge in [-0.25, -0.2) is 18.4 Å². The van der Waals surface area contributed by atoms with Crippen LogP contribution >= 0.6 is 0 Å². The number of ether oxygens (including phenoxy) is 1. The molecule has 1 aliphatic heterocycles. The number of amides is 2. The molecule has 1 aliphatic rings. The summed E-state index contributed by atoms with van der Waals surface area (Å²) in [5.41, 5.74) is 1.29. The molecule has 3 heterocycles. The molecule has 0 atom stereocenters. The summed E-state index contributed by atoms with van der Waals surface area (Å²) in [6.45, 7) is 3.42. The van der Waals surface area contributed by atoms with Crippen molar-refractivity contribution in [2.24, 2.45) is 0 Å². The van der Waals surface area contributed by atoms with Gasteiger partial charge in [0.1, 0.15) is 17.7 Å². The highest BCUT2D eigenvalue weighted by molar-refractivity contribution is 7.90. The van der Waals surface area contributed by atoms with E-state index in [0.29, 0.717) is 5.82 Å². The van der Waals surface area contributed by atoms with Crippen LogP contribution in [0.15, 0.2) is 59.8 Å². The monoisotopic (exact) mass is 509 g/mol. The number of rotatable bonds is 7. The Hall–Kier alpha value is -3.83. The van der Waals surface area contributed by atoms with E-state index < -0.39 is 21.7 Å². The molecule has 0 radical (unpaired) electrons. The number of benzene rings is 1. The first-order valence-corrected chi connectivity index (χ1v) is 13.3. The van der Waals surface area contributed by atoms with E-state index in [2.05, 4.69) is 25.9 Å². The van der Waals surface area contributed by atoms with Crippen LogP contribution in [0.2, 0.25) is 0 Å². The minimum atomic E-state index is -3.51. The van der Waals surface area contributed by atoms with E-state index >= 15 is 0 Å². The number of hydrogen-bond acceptors (Lipinski definition) is 8. The van der Waals surface area contributed by atoms with Gasteiger partial charge in [0.15, 0.2) is 15.5 Å². The van der Waals surface area contributed by atoms with Crippen LogP contribution in [0.3, 0.4) is 0 Å². The van der Waals surface area contributed by atoms with Crippen LogP contribution in [0.25, 0.3) is 0 Å². The lowest BCUT2D eigenvalue weighted by Crippen LogP contribution is -2.34. The summed E-state index contributed by atoms with van der Waals surface area (Å²) in [4.78, 5) is 34.5. The fourth-order valence-corrected chi connectivity index (χ4v) is 4.34. The average molecular weight is 510 g/mol. The van der Waals surface area contributed by atoms with E-state index in [9.17, 15) is 18.0 Å². The molecule has 1 saturated heterocycles. The predicted molar refractivity (Wildman–Crippen MR) is 135 cm³/mol. The summed E-state index contributed by atoms with van der Waals surface area (Å²) in [7, 11) is -3.51. The largest absolute Gasteiger partial charge is 0.489 e. The van der Waals surface area contributed by atoms with Crippen LogP contribution in [-0.4, -0.2) is 55.6 Å². The van der Waals surface area contributed by atoms with Crippen molar-refractivity contribution in [1.82, 2.24) is 15.3 Å². The Bertz CT molecular complexity index is 1370. The predicted octanol–water partition coefficient (Wildman–Crippen LogP) is 2.82. The quantitative estimate of drug-likeness (QED) is 0.442. The lowest BCUT2D eigenvalue weighted by Gasteiger charge is -2.25. The first kappa shape index (κ1) is 25.3. The van der Waals surface area contributed by atoms with Gasteiger partial charge in [0.25, 0.3) is 11.8 Å². The first-order chi connectivity index (χ1) is 17.2. The zero-order valence-corrected chi connectivity index (χ0v) is 20.8. The minimum Gasteiger partial charge on any atom is -0.489 e. The van der Waals surface area contributed by atoms with Gasteiger partial charge in [-0.05, 0) is 74.8 Å². The van der Waals surface area contributed by atoms with E-state index in [0.717, 1.165) is 37.8 Å². The van der Waals surface area contributed by atoms with Crippen molar-refractivity contribution in [2.75, 3.05) is 30.0 Å². The highest BCUT2D eigenvalue weighted by atomic mass is 32.2. The van der Waals surface area contributed by atoms with Crippen LogP contribution in [0.4, 0.5) is 11.5 Å². The van der Waals surface area contributed by atoms with Crippen molar-refractivity contribution in [1.29, 1.82) is 0 Å². The Morgan fingerprint density at radius 3 is 2.50 bits per heavy atom. The fraction of sp³-hybridized carbons (Fsp3) is 0.280. The van der Waals surface area contributed by atoms with Crippen LogP contribution in [-0.2, 0) is 9.84 Å². The molecule has 2 aromatic heterocycles. The molecular formula is C25H27N5O5S. The van der Waals surface area contributed by atoms with E-state index in [4.69, 9.17) is 4.74 Å². The molecule has 4 rings (SSSR count). The van der Waals surface area contributed by atoms with Gasteiger partial charge in [-0.1, -0.05) is 6.07 Å². The third-order valence-corrected chi connectivity index (χ3v) is 6.74. The Balaban J connectivity index is 1.59. The number of nitrogens with zero attached hydrogens (tertiary/aromatic N) is 2. The van der Waals surface area contributed by atoms with Crippen molar-refractivity contribution in [3.63, 3.8) is 0 Å². The van der Waals surface area contributed by atoms with Crippen LogP contribution < -0.4 is 20.7 Å². The molecule has 3 aromatic rings. The van der Waals surface area contributed by atoms with Crippen molar-refractivity contribution >= 4 is 33.2 Å². The zero-order valence-electron chi connectivity index (χ0n) is 19.9. The molecule has 0 bridgehead atoms. The zero-order chi connectivity index (χ0) is 25.7. The Morgan fingerprint density at radius 2 is 1.81 bits per heavy atom. The molecule has 10 nitrogen and oxygen atoms in total. The van der Waals surface area contributed by atoms with Gasteiger partial charge in [-0.3, -0.25) is 9.59 Å². The number of nitrogens with one attached hydrogen (secondary N) is 3. The molecule has 0 spiro atoms. The third-order valence-electron chi connectivity index (χ3n) is 5.63. The molecule has 36 heavy (non-hydrogen) atoms. The van der Waals surface area contributed by atoms with Gasteiger partial charge in [0.2, 0.25) is 0 Å². The van der Waals surface area contributed by atoms with Gasteiger partial charge in [0.05, 0.1) is 16.1 Å². The summed E-state index contributed by atoms with van der Waals surface area (Å²) in [5, 5.41) is 8.62. The fourth-order valence-electron chi connectivity index (χ4n) is 3.71. The van der Waals surface area contributed by atoms with Crippen molar-refractivity contribution in [3.05, 3.63) is 71.7 Å². The van der Waals surface area contributed by atoms with Crippen LogP contribution in [0.1, 0.15) is 39.3 Å². The van der Waals surface area contributed by atoms with Gasteiger partial charge >= 0.3 is 0 Å². The number of aryl methyl sites for hydroxylation is 1. The summed E-state index contributed by atoms with van der Waals surface area (Å²) in [6, 6.07) is 10.8. The number of sulfone groups is 1.